The van der Waals surface area contributed by atoms with Crippen molar-refractivity contribution in [1.29, 1.82) is 0 Å². The van der Waals surface area contributed by atoms with Gasteiger partial charge in [-0.15, -0.1) is 23.2 Å². The van der Waals surface area contributed by atoms with Crippen molar-refractivity contribution in [2.45, 2.75) is 181 Å². The molecule has 0 bridgehead atoms. The van der Waals surface area contributed by atoms with Crippen molar-refractivity contribution in [3.63, 3.8) is 0 Å². The first kappa shape index (κ1) is 100. The number of hydrogen-bond donors (Lipinski definition) is 4. The van der Waals surface area contributed by atoms with Crippen LogP contribution in [0.15, 0.2) is 164 Å². The normalized spacial score (nSPS) is 19.0. The van der Waals surface area contributed by atoms with Gasteiger partial charge in [0.2, 0.25) is 46.8 Å². The SMILES string of the molecule is C1CNC1.CCN(C(C)C)C(C)C.CCN(C(C)C)C(C)C.N[C@H](C(=O)N1CC(c2cc(F)ccc2F)=C[C@H]1c1ccccc1)C1CC1.O=C([C@@H](NS(=O)(=O)CCCl)C1CC1)N1CC(c2cc(F)ccc2F)=C[C@H]1c1ccccc1.O=C([C@@H](NS(=O)(=O)CCN1CCC1)C1CC1)N1CC(c2cc(F)ccc2F)=C[C@H]1c1ccccc1.O=S(=O)(Cl)CCCl. The van der Waals surface area contributed by atoms with Crippen molar-refractivity contribution in [2.75, 3.05) is 94.5 Å². The quantitative estimate of drug-likeness (QED) is 0.0194. The molecule has 670 valence electrons. The van der Waals surface area contributed by atoms with E-state index >= 15 is 0 Å². The van der Waals surface area contributed by atoms with E-state index in [0.717, 1.165) is 136 Å². The lowest BCUT2D eigenvalue weighted by Gasteiger charge is -2.31. The fourth-order valence-corrected chi connectivity index (χ4v) is 19.3. The molecular formula is C91H121Cl3F6N10O9S3. The topological polar surface area (TPSA) is 235 Å². The van der Waals surface area contributed by atoms with E-state index in [1.54, 1.807) is 22.0 Å². The Balaban J connectivity index is 0.000000196. The number of sulfonamides is 2. The number of nitrogens with zero attached hydrogens (tertiary/aromatic N) is 6. The van der Waals surface area contributed by atoms with E-state index in [-0.39, 0.29) is 107 Å². The van der Waals surface area contributed by atoms with E-state index in [9.17, 15) is 66.0 Å². The molecule has 5 fully saturated rings. The van der Waals surface area contributed by atoms with Crippen molar-refractivity contribution >= 4 is 97.4 Å². The Morgan fingerprint density at radius 2 is 0.762 bits per heavy atom. The minimum absolute atomic E-state index is 0.0409. The second kappa shape index (κ2) is 47.5. The van der Waals surface area contributed by atoms with Crippen molar-refractivity contribution in [3.8, 4) is 0 Å². The van der Waals surface area contributed by atoms with Crippen LogP contribution in [0.25, 0.3) is 16.7 Å². The van der Waals surface area contributed by atoms with Crippen molar-refractivity contribution in [3.05, 3.63) is 232 Å². The zero-order chi connectivity index (χ0) is 89.3. The van der Waals surface area contributed by atoms with E-state index in [1.165, 1.54) is 30.5 Å². The summed E-state index contributed by atoms with van der Waals surface area (Å²) < 4.78 is 160. The number of nitrogens with one attached hydrogen (secondary N) is 3. The van der Waals surface area contributed by atoms with Gasteiger partial charge in [-0.05, 0) is 252 Å². The summed E-state index contributed by atoms with van der Waals surface area (Å²) in [5, 5.41) is 3.11. The minimum atomic E-state index is -3.73. The van der Waals surface area contributed by atoms with Gasteiger partial charge in [0.1, 0.15) is 47.0 Å². The minimum Gasteiger partial charge on any atom is -0.326 e. The molecule has 122 heavy (non-hydrogen) atoms. The van der Waals surface area contributed by atoms with Gasteiger partial charge < -0.3 is 30.7 Å². The molecular weight excluding hydrogens is 1690 g/mol. The van der Waals surface area contributed by atoms with Gasteiger partial charge in [-0.3, -0.25) is 24.2 Å². The summed E-state index contributed by atoms with van der Waals surface area (Å²) in [6, 6.07) is 37.0. The Labute approximate surface area is 733 Å². The van der Waals surface area contributed by atoms with Crippen molar-refractivity contribution < 1.29 is 66.0 Å². The Hall–Kier alpha value is -7.03. The molecule has 6 aromatic rings. The molecule has 31 heteroatoms. The van der Waals surface area contributed by atoms with E-state index in [0.29, 0.717) is 47.4 Å². The monoisotopic (exact) mass is 1810 g/mol. The van der Waals surface area contributed by atoms with Crippen LogP contribution in [0.2, 0.25) is 0 Å². The molecule has 3 saturated carbocycles. The molecule has 5 N–H and O–H groups in total. The third-order valence-electron chi connectivity index (χ3n) is 22.3. The van der Waals surface area contributed by atoms with E-state index in [1.807, 2.05) is 97.1 Å². The first-order valence-corrected chi connectivity index (χ1v) is 49.0. The van der Waals surface area contributed by atoms with E-state index in [2.05, 4.69) is 98.7 Å². The molecule has 3 amide bonds. The molecule has 0 spiro atoms. The molecule has 0 unspecified atom stereocenters. The highest BCUT2D eigenvalue weighted by Crippen LogP contribution is 2.44. The summed E-state index contributed by atoms with van der Waals surface area (Å²) in [6.45, 7) is 29.7. The fourth-order valence-electron chi connectivity index (χ4n) is 15.2. The number of rotatable bonds is 29. The summed E-state index contributed by atoms with van der Waals surface area (Å²) in [7, 11) is -6.00. The van der Waals surface area contributed by atoms with E-state index in [4.69, 9.17) is 39.6 Å². The predicted molar refractivity (Wildman–Crippen MR) is 478 cm³/mol. The third-order valence-corrected chi connectivity index (χ3v) is 27.0. The molecule has 8 aliphatic rings. The molecule has 6 aromatic carbocycles. The zero-order valence-corrected chi connectivity index (χ0v) is 76.1. The molecule has 14 rings (SSSR count). The van der Waals surface area contributed by atoms with Gasteiger partial charge in [-0.25, -0.2) is 61.0 Å². The Bertz CT molecular complexity index is 4800. The second-order valence-corrected chi connectivity index (χ2v) is 40.1. The lowest BCUT2D eigenvalue weighted by molar-refractivity contribution is -0.134. The first-order chi connectivity index (χ1) is 57.9. The average Bonchev–Trinajstić information content (AvgIpc) is 1.63. The third kappa shape index (κ3) is 30.6. The maximum Gasteiger partial charge on any atom is 0.242 e. The smallest absolute Gasteiger partial charge is 0.242 e. The second-order valence-electron chi connectivity index (χ2n) is 32.7. The van der Waals surface area contributed by atoms with Gasteiger partial charge in [0, 0.05) is 89.5 Å². The van der Waals surface area contributed by atoms with Crippen LogP contribution in [0, 0.1) is 52.7 Å². The standard InChI is InChI=1S/C26H29F2N3O3S.C23H23ClF2N2O3S.C21H20F2N2O.2C8H19N.C3H7N.C2H4Cl2O2S/c27-21-9-10-23(28)22(16-21)20-15-24(18-5-2-1-3-6-18)31(17-20)26(32)25(19-7-8-19)29-35(33,34)14-13-30-11-4-12-30;24-10-11-32(30,31)27-22(16-6-7-16)23(29)28-14-17(19-13-18(25)8-9-20(19)26)12-21(28)15-4-2-1-3-5-15;22-16-8-9-18(23)17(11-16)15-10-19(13-4-2-1-3-5-13)25(12-15)21(26)20(24)14-6-7-14;2*1-6-9(7(2)3)8(4)5;1-2-4-3-1;3-1-2-7(4,5)6/h1-3,5-6,9-10,15-16,19,24-25,29H,4,7-8,11-14,17H2;1-5,8-9,12-13,16,21-22,27H,6-7,10-11,14H2;1-5,8-11,14,19-20H,6-7,12,24H2;2*7-8H,6H2,1-5H3;4H,1-3H2;1-2H2/t24-,25-;21-,22-;19-,20-;;;;/m000..../s1. The maximum atomic E-state index is 14.6. The lowest BCUT2D eigenvalue weighted by atomic mass is 10.0. The molecule has 5 heterocycles. The Kier molecular flexibility index (Phi) is 39.1. The van der Waals surface area contributed by atoms with Crippen LogP contribution in [-0.2, 0) is 43.5 Å². The highest BCUT2D eigenvalue weighted by molar-refractivity contribution is 8.13. The Morgan fingerprint density at radius 1 is 0.459 bits per heavy atom. The summed E-state index contributed by atoms with van der Waals surface area (Å²) in [6.07, 6.45) is 12.8. The lowest BCUT2D eigenvalue weighted by Crippen LogP contribution is -2.51. The number of nitrogens with two attached hydrogens (primary N) is 1. The van der Waals surface area contributed by atoms with Crippen LogP contribution in [0.1, 0.15) is 172 Å². The molecule has 0 radical (unpaired) electrons. The largest absolute Gasteiger partial charge is 0.326 e. The molecule has 19 nitrogen and oxygen atoms in total. The van der Waals surface area contributed by atoms with Gasteiger partial charge in [-0.2, -0.15) is 0 Å². The number of carbonyl (C=O) groups is 3. The molecule has 3 aliphatic carbocycles. The van der Waals surface area contributed by atoms with Crippen LogP contribution in [0.5, 0.6) is 0 Å². The summed E-state index contributed by atoms with van der Waals surface area (Å²) >= 11 is 10.6. The number of benzene rings is 6. The first-order valence-electron chi connectivity index (χ1n) is 42.2. The van der Waals surface area contributed by atoms with Gasteiger partial charge in [-0.1, -0.05) is 123 Å². The van der Waals surface area contributed by atoms with Gasteiger partial charge in [0.05, 0.1) is 41.4 Å². The number of likely N-dealkylation sites (tertiary alicyclic amines) is 1. The van der Waals surface area contributed by atoms with Crippen LogP contribution in [0.3, 0.4) is 0 Å². The highest BCUT2D eigenvalue weighted by atomic mass is 35.7. The Morgan fingerprint density at radius 3 is 1.00 bits per heavy atom. The highest BCUT2D eigenvalue weighted by Gasteiger charge is 2.47. The van der Waals surface area contributed by atoms with E-state index < -0.39 is 94.2 Å². The summed E-state index contributed by atoms with van der Waals surface area (Å²) in [4.78, 5) is 52.1. The predicted octanol–water partition coefficient (Wildman–Crippen LogP) is 15.9. The van der Waals surface area contributed by atoms with Gasteiger partial charge in [0.15, 0.2) is 0 Å². The van der Waals surface area contributed by atoms with Crippen LogP contribution < -0.4 is 20.5 Å². The van der Waals surface area contributed by atoms with Crippen LogP contribution in [0.4, 0.5) is 26.3 Å². The molecule has 5 aliphatic heterocycles. The number of halogens is 9. The molecule has 6 atom stereocenters. The van der Waals surface area contributed by atoms with Crippen LogP contribution in [-0.4, -0.2) is 209 Å². The number of alkyl halides is 2. The summed E-state index contributed by atoms with van der Waals surface area (Å²) in [5.74, 6) is -4.59. The van der Waals surface area contributed by atoms with Crippen molar-refractivity contribution in [1.82, 2.24) is 44.2 Å². The van der Waals surface area contributed by atoms with Crippen molar-refractivity contribution in [2.24, 2.45) is 23.5 Å². The number of hydrogen-bond acceptors (Lipinski definition) is 14. The molecule has 0 aromatic heterocycles. The van der Waals surface area contributed by atoms with Crippen LogP contribution >= 0.6 is 33.9 Å². The number of amides is 3. The van der Waals surface area contributed by atoms with Gasteiger partial charge >= 0.3 is 0 Å². The molecule has 2 saturated heterocycles. The fraction of sp³-hybridized carbons (Fsp3) is 0.505. The average molecular weight is 1820 g/mol. The van der Waals surface area contributed by atoms with Gasteiger partial charge in [0.25, 0.3) is 0 Å². The summed E-state index contributed by atoms with van der Waals surface area (Å²) in [5.41, 5.74) is 10.7. The maximum absolute atomic E-state index is 14.6. The number of carbonyl (C=O) groups excluding carboxylic acids is 3. The zero-order valence-electron chi connectivity index (χ0n) is 71.4.